The molecule has 0 aromatic carbocycles. The first-order valence-corrected chi connectivity index (χ1v) is 5.50. The van der Waals surface area contributed by atoms with Gasteiger partial charge in [-0.2, -0.15) is 11.8 Å². The van der Waals surface area contributed by atoms with Gasteiger partial charge in [0.15, 0.2) is 0 Å². The van der Waals surface area contributed by atoms with Crippen LogP contribution in [0.5, 0.6) is 0 Å². The van der Waals surface area contributed by atoms with E-state index < -0.39 is 6.09 Å². The number of hydrogen-bond acceptors (Lipinski definition) is 4. The van der Waals surface area contributed by atoms with Crippen LogP contribution in [-0.2, 0) is 4.74 Å². The lowest BCUT2D eigenvalue weighted by Gasteiger charge is -2.10. The van der Waals surface area contributed by atoms with E-state index in [4.69, 9.17) is 5.73 Å². The Labute approximate surface area is 82.6 Å². The summed E-state index contributed by atoms with van der Waals surface area (Å²) in [6.07, 6.45) is 0.497. The monoisotopic (exact) mass is 204 g/mol. The van der Waals surface area contributed by atoms with E-state index in [-0.39, 0.29) is 0 Å². The van der Waals surface area contributed by atoms with Gasteiger partial charge in [0.05, 0.1) is 0 Å². The molecule has 1 fully saturated rings. The third-order valence-corrected chi connectivity index (χ3v) is 3.33. The Kier molecular flexibility index (Phi) is 4.38. The van der Waals surface area contributed by atoms with Crippen LogP contribution in [0, 0.1) is 0 Å². The number of nitrogens with one attached hydrogen (secondary N) is 1. The van der Waals surface area contributed by atoms with E-state index in [0.29, 0.717) is 19.2 Å². The molecular weight excluding hydrogens is 188 g/mol. The summed E-state index contributed by atoms with van der Waals surface area (Å²) >= 11 is 1.97. The molecule has 0 aromatic heterocycles. The van der Waals surface area contributed by atoms with E-state index in [1.807, 2.05) is 11.8 Å². The molecule has 1 aliphatic heterocycles. The van der Waals surface area contributed by atoms with E-state index in [1.54, 1.807) is 0 Å². The fourth-order valence-electron chi connectivity index (χ4n) is 1.37. The SMILES string of the molecule is CC1CC(NCCOC(N)=O)CS1. The minimum Gasteiger partial charge on any atom is -0.448 e. The summed E-state index contributed by atoms with van der Waals surface area (Å²) in [6.45, 7) is 3.29. The zero-order chi connectivity index (χ0) is 9.68. The van der Waals surface area contributed by atoms with Gasteiger partial charge in [0.25, 0.3) is 0 Å². The van der Waals surface area contributed by atoms with Gasteiger partial charge in [0.2, 0.25) is 0 Å². The van der Waals surface area contributed by atoms with Crippen molar-refractivity contribution in [1.82, 2.24) is 5.32 Å². The van der Waals surface area contributed by atoms with Crippen LogP contribution in [0.2, 0.25) is 0 Å². The van der Waals surface area contributed by atoms with Crippen LogP contribution < -0.4 is 11.1 Å². The minimum atomic E-state index is -0.698. The van der Waals surface area contributed by atoms with Crippen molar-refractivity contribution in [2.24, 2.45) is 5.73 Å². The Morgan fingerprint density at radius 2 is 2.54 bits per heavy atom. The molecule has 0 aliphatic carbocycles. The summed E-state index contributed by atoms with van der Waals surface area (Å²) in [4.78, 5) is 10.2. The van der Waals surface area contributed by atoms with Gasteiger partial charge in [-0.3, -0.25) is 0 Å². The van der Waals surface area contributed by atoms with Gasteiger partial charge in [0, 0.05) is 23.6 Å². The third-order valence-electron chi connectivity index (χ3n) is 1.98. The second-order valence-corrected chi connectivity index (χ2v) is 4.67. The Balaban J connectivity index is 1.97. The number of primary amides is 1. The first-order valence-electron chi connectivity index (χ1n) is 4.45. The lowest BCUT2D eigenvalue weighted by molar-refractivity contribution is 0.156. The van der Waals surface area contributed by atoms with Crippen molar-refractivity contribution in [2.75, 3.05) is 18.9 Å². The molecule has 0 aromatic rings. The maximum Gasteiger partial charge on any atom is 0.404 e. The molecule has 3 N–H and O–H groups in total. The van der Waals surface area contributed by atoms with Crippen molar-refractivity contribution < 1.29 is 9.53 Å². The van der Waals surface area contributed by atoms with Crippen LogP contribution in [-0.4, -0.2) is 36.3 Å². The number of ether oxygens (including phenoxy) is 1. The quantitative estimate of drug-likeness (QED) is 0.657. The van der Waals surface area contributed by atoms with Crippen molar-refractivity contribution in [2.45, 2.75) is 24.6 Å². The summed E-state index contributed by atoms with van der Waals surface area (Å²) in [5, 5.41) is 4.06. The lowest BCUT2D eigenvalue weighted by Crippen LogP contribution is -2.33. The van der Waals surface area contributed by atoms with Gasteiger partial charge >= 0.3 is 6.09 Å². The molecule has 1 saturated heterocycles. The van der Waals surface area contributed by atoms with Gasteiger partial charge in [-0.1, -0.05) is 6.92 Å². The first-order chi connectivity index (χ1) is 6.18. The number of carbonyl (C=O) groups is 1. The summed E-state index contributed by atoms with van der Waals surface area (Å²) in [5.41, 5.74) is 4.82. The highest BCUT2D eigenvalue weighted by Gasteiger charge is 2.20. The maximum atomic E-state index is 10.2. The van der Waals surface area contributed by atoms with Crippen molar-refractivity contribution in [1.29, 1.82) is 0 Å². The highest BCUT2D eigenvalue weighted by Crippen LogP contribution is 2.25. The molecule has 1 amide bonds. The van der Waals surface area contributed by atoms with Crippen LogP contribution in [0.3, 0.4) is 0 Å². The number of amides is 1. The van der Waals surface area contributed by atoms with Crippen molar-refractivity contribution in [3.8, 4) is 0 Å². The van der Waals surface area contributed by atoms with Crippen LogP contribution in [0.1, 0.15) is 13.3 Å². The summed E-state index contributed by atoms with van der Waals surface area (Å²) < 4.78 is 4.60. The average Bonchev–Trinajstić information content (AvgIpc) is 2.45. The number of hydrogen-bond donors (Lipinski definition) is 2. The molecule has 1 aliphatic rings. The molecule has 5 heteroatoms. The second-order valence-electron chi connectivity index (χ2n) is 3.20. The average molecular weight is 204 g/mol. The van der Waals surface area contributed by atoms with E-state index in [2.05, 4.69) is 17.0 Å². The maximum absolute atomic E-state index is 10.2. The molecule has 0 bridgehead atoms. The summed E-state index contributed by atoms with van der Waals surface area (Å²) in [5.74, 6) is 1.15. The number of rotatable bonds is 4. The fourth-order valence-corrected chi connectivity index (χ4v) is 2.56. The molecule has 0 spiro atoms. The van der Waals surface area contributed by atoms with Crippen LogP contribution in [0.15, 0.2) is 0 Å². The van der Waals surface area contributed by atoms with Gasteiger partial charge in [-0.25, -0.2) is 4.79 Å². The lowest BCUT2D eigenvalue weighted by atomic mass is 10.2. The summed E-state index contributed by atoms with van der Waals surface area (Å²) in [7, 11) is 0. The normalized spacial score (nSPS) is 27.5. The molecule has 0 radical (unpaired) electrons. The zero-order valence-electron chi connectivity index (χ0n) is 7.79. The molecule has 1 rings (SSSR count). The van der Waals surface area contributed by atoms with E-state index >= 15 is 0 Å². The predicted octanol–water partition coefficient (Wildman–Crippen LogP) is 0.565. The molecule has 2 unspecified atom stereocenters. The Morgan fingerprint density at radius 3 is 3.08 bits per heavy atom. The van der Waals surface area contributed by atoms with Crippen LogP contribution in [0.4, 0.5) is 4.79 Å². The predicted molar refractivity (Wildman–Crippen MR) is 53.9 cm³/mol. The van der Waals surface area contributed by atoms with Gasteiger partial charge in [-0.05, 0) is 6.42 Å². The Morgan fingerprint density at radius 1 is 1.77 bits per heavy atom. The van der Waals surface area contributed by atoms with Crippen molar-refractivity contribution >= 4 is 17.9 Å². The van der Waals surface area contributed by atoms with Crippen LogP contribution in [0.25, 0.3) is 0 Å². The number of nitrogens with two attached hydrogens (primary N) is 1. The largest absolute Gasteiger partial charge is 0.448 e. The Bertz CT molecular complexity index is 178. The smallest absolute Gasteiger partial charge is 0.404 e. The molecule has 76 valence electrons. The standard InChI is InChI=1S/C8H16N2O2S/c1-6-4-7(5-13-6)10-2-3-12-8(9)11/h6-7,10H,2-5H2,1H3,(H2,9,11). The van der Waals surface area contributed by atoms with Gasteiger partial charge in [-0.15, -0.1) is 0 Å². The molecule has 2 atom stereocenters. The second kappa shape index (κ2) is 5.34. The van der Waals surface area contributed by atoms with Crippen molar-refractivity contribution in [3.05, 3.63) is 0 Å². The molecule has 4 nitrogen and oxygen atoms in total. The summed E-state index contributed by atoms with van der Waals surface area (Å²) in [6, 6.07) is 0.566. The highest BCUT2D eigenvalue weighted by atomic mass is 32.2. The zero-order valence-corrected chi connectivity index (χ0v) is 8.60. The first kappa shape index (κ1) is 10.7. The van der Waals surface area contributed by atoms with E-state index in [1.165, 1.54) is 6.42 Å². The van der Waals surface area contributed by atoms with E-state index in [0.717, 1.165) is 11.0 Å². The molecule has 13 heavy (non-hydrogen) atoms. The van der Waals surface area contributed by atoms with Crippen molar-refractivity contribution in [3.63, 3.8) is 0 Å². The molecule has 0 saturated carbocycles. The fraction of sp³-hybridized carbons (Fsp3) is 0.875. The topological polar surface area (TPSA) is 64.3 Å². The van der Waals surface area contributed by atoms with Gasteiger partial charge in [0.1, 0.15) is 6.61 Å². The number of carbonyl (C=O) groups excluding carboxylic acids is 1. The molecule has 1 heterocycles. The Hall–Kier alpha value is -0.420. The number of thioether (sulfide) groups is 1. The van der Waals surface area contributed by atoms with Crippen LogP contribution >= 0.6 is 11.8 Å². The minimum absolute atomic E-state index is 0.366. The van der Waals surface area contributed by atoms with E-state index in [9.17, 15) is 4.79 Å². The highest BCUT2D eigenvalue weighted by molar-refractivity contribution is 8.00. The molecular formula is C8H16N2O2S. The third kappa shape index (κ3) is 4.38. The van der Waals surface area contributed by atoms with Gasteiger partial charge < -0.3 is 15.8 Å².